The molecule has 0 aromatic carbocycles. The van der Waals surface area contributed by atoms with Gasteiger partial charge in [0.05, 0.1) is 12.6 Å². The van der Waals surface area contributed by atoms with Crippen LogP contribution in [0.3, 0.4) is 0 Å². The summed E-state index contributed by atoms with van der Waals surface area (Å²) in [6.45, 7) is 2.06. The zero-order valence-corrected chi connectivity index (χ0v) is 8.36. The molecule has 1 atom stereocenters. The second-order valence-corrected chi connectivity index (χ2v) is 3.64. The molecule has 0 saturated heterocycles. The first kappa shape index (κ1) is 11.5. The quantitative estimate of drug-likeness (QED) is 0.336. The highest BCUT2D eigenvalue weighted by Crippen LogP contribution is 1.93. The first-order chi connectivity index (χ1) is 5.74. The molecule has 0 aliphatic rings. The molecule has 0 aliphatic carbocycles. The molecule has 0 spiro atoms. The highest BCUT2D eigenvalue weighted by Gasteiger charge is 2.15. The van der Waals surface area contributed by atoms with E-state index < -0.39 is 9.53 Å². The maximum Gasteiger partial charge on any atom is 0.577 e. The summed E-state index contributed by atoms with van der Waals surface area (Å²) in [5, 5.41) is 0. The van der Waals surface area contributed by atoms with Crippen LogP contribution >= 0.6 is 0 Å². The molecular formula is C6H12NO4Si. The van der Waals surface area contributed by atoms with Crippen LogP contribution in [0, 0.1) is 0 Å². The van der Waals surface area contributed by atoms with Crippen molar-refractivity contribution in [3.63, 3.8) is 0 Å². The van der Waals surface area contributed by atoms with Gasteiger partial charge in [-0.3, -0.25) is 0 Å². The number of isocyanates is 1. The Morgan fingerprint density at radius 3 is 2.50 bits per heavy atom. The van der Waals surface area contributed by atoms with Crippen molar-refractivity contribution >= 4 is 15.6 Å². The van der Waals surface area contributed by atoms with E-state index in [4.69, 9.17) is 13.3 Å². The van der Waals surface area contributed by atoms with E-state index in [-0.39, 0.29) is 6.04 Å². The molecule has 0 fully saturated rings. The monoisotopic (exact) mass is 190 g/mol. The van der Waals surface area contributed by atoms with Crippen molar-refractivity contribution in [3.05, 3.63) is 0 Å². The molecule has 1 unspecified atom stereocenters. The van der Waals surface area contributed by atoms with E-state index in [1.54, 1.807) is 6.92 Å². The van der Waals surface area contributed by atoms with Crippen LogP contribution in [0.4, 0.5) is 0 Å². The molecule has 5 nitrogen and oxygen atoms in total. The van der Waals surface area contributed by atoms with E-state index in [0.29, 0.717) is 6.61 Å². The standard InChI is InChI=1S/C6H12NO4Si/c1-6(7-5-8)4-11-12(9-2)10-3/h6H,4H2,1-3H3. The van der Waals surface area contributed by atoms with Crippen LogP contribution in [0.15, 0.2) is 4.99 Å². The van der Waals surface area contributed by atoms with Gasteiger partial charge < -0.3 is 13.3 Å². The zero-order chi connectivity index (χ0) is 9.40. The Hall–Kier alpha value is -0.523. The van der Waals surface area contributed by atoms with Crippen molar-refractivity contribution in [1.29, 1.82) is 0 Å². The van der Waals surface area contributed by atoms with Crippen LogP contribution in [0.5, 0.6) is 0 Å². The van der Waals surface area contributed by atoms with Crippen molar-refractivity contribution in [3.8, 4) is 0 Å². The molecule has 0 rings (SSSR count). The summed E-state index contributed by atoms with van der Waals surface area (Å²) >= 11 is 0. The SMILES string of the molecule is CO[Si](OC)OCC(C)N=C=O. The van der Waals surface area contributed by atoms with Gasteiger partial charge in [-0.05, 0) is 6.92 Å². The fraction of sp³-hybridized carbons (Fsp3) is 0.833. The average molecular weight is 190 g/mol. The van der Waals surface area contributed by atoms with Crippen LogP contribution in [-0.2, 0) is 18.1 Å². The number of hydrogen-bond acceptors (Lipinski definition) is 5. The first-order valence-electron chi connectivity index (χ1n) is 3.39. The van der Waals surface area contributed by atoms with Gasteiger partial charge in [0.2, 0.25) is 6.08 Å². The number of hydrogen-bond donors (Lipinski definition) is 0. The molecule has 0 saturated carbocycles. The Balaban J connectivity index is 3.57. The van der Waals surface area contributed by atoms with Gasteiger partial charge in [0, 0.05) is 14.2 Å². The van der Waals surface area contributed by atoms with Crippen LogP contribution in [0.2, 0.25) is 0 Å². The lowest BCUT2D eigenvalue weighted by Gasteiger charge is -2.10. The molecule has 0 aromatic rings. The van der Waals surface area contributed by atoms with Crippen molar-refractivity contribution in [2.75, 3.05) is 20.8 Å². The van der Waals surface area contributed by atoms with E-state index >= 15 is 0 Å². The number of rotatable bonds is 6. The van der Waals surface area contributed by atoms with Crippen LogP contribution < -0.4 is 0 Å². The van der Waals surface area contributed by atoms with Gasteiger partial charge in [-0.1, -0.05) is 0 Å². The van der Waals surface area contributed by atoms with E-state index in [2.05, 4.69) is 4.99 Å². The molecule has 0 N–H and O–H groups in total. The topological polar surface area (TPSA) is 57.1 Å². The predicted octanol–water partition coefficient (Wildman–Crippen LogP) is 0.00500. The fourth-order valence-corrected chi connectivity index (χ4v) is 1.30. The third kappa shape index (κ3) is 5.17. The fourth-order valence-electron chi connectivity index (χ4n) is 0.517. The molecule has 12 heavy (non-hydrogen) atoms. The largest absolute Gasteiger partial charge is 0.577 e. The summed E-state index contributed by atoms with van der Waals surface area (Å²) in [5.41, 5.74) is 0. The van der Waals surface area contributed by atoms with E-state index in [1.165, 1.54) is 20.3 Å². The van der Waals surface area contributed by atoms with E-state index in [9.17, 15) is 4.79 Å². The van der Waals surface area contributed by atoms with Gasteiger partial charge in [-0.25, -0.2) is 9.79 Å². The molecule has 69 valence electrons. The van der Waals surface area contributed by atoms with Crippen molar-refractivity contribution in [2.24, 2.45) is 4.99 Å². The van der Waals surface area contributed by atoms with Crippen LogP contribution in [-0.4, -0.2) is 42.5 Å². The molecule has 0 bridgehead atoms. The summed E-state index contributed by atoms with van der Waals surface area (Å²) in [6, 6.07) is -0.201. The minimum atomic E-state index is -1.63. The molecule has 6 heteroatoms. The maximum absolute atomic E-state index is 9.80. The second kappa shape index (κ2) is 7.14. The summed E-state index contributed by atoms with van der Waals surface area (Å²) < 4.78 is 14.8. The summed E-state index contributed by atoms with van der Waals surface area (Å²) in [7, 11) is 1.38. The molecular weight excluding hydrogens is 178 g/mol. The summed E-state index contributed by atoms with van der Waals surface area (Å²) in [6.07, 6.45) is 1.45. The third-order valence-electron chi connectivity index (χ3n) is 1.05. The van der Waals surface area contributed by atoms with Crippen molar-refractivity contribution in [2.45, 2.75) is 13.0 Å². The van der Waals surface area contributed by atoms with E-state index in [1.807, 2.05) is 0 Å². The van der Waals surface area contributed by atoms with Gasteiger partial charge in [0.15, 0.2) is 0 Å². The smallest absolute Gasteiger partial charge is 0.375 e. The lowest BCUT2D eigenvalue weighted by Crippen LogP contribution is -2.27. The highest BCUT2D eigenvalue weighted by molar-refractivity contribution is 6.36. The lowest BCUT2D eigenvalue weighted by molar-refractivity contribution is 0.130. The summed E-state index contributed by atoms with van der Waals surface area (Å²) in [5.74, 6) is 0. The number of nitrogens with zero attached hydrogens (tertiary/aromatic N) is 1. The van der Waals surface area contributed by atoms with Gasteiger partial charge in [0.25, 0.3) is 0 Å². The van der Waals surface area contributed by atoms with Gasteiger partial charge >= 0.3 is 9.53 Å². The Morgan fingerprint density at radius 2 is 2.08 bits per heavy atom. The highest BCUT2D eigenvalue weighted by atomic mass is 28.3. The normalized spacial score (nSPS) is 12.7. The number of carbonyl (C=O) groups excluding carboxylic acids is 1. The van der Waals surface area contributed by atoms with Crippen molar-refractivity contribution < 1.29 is 18.1 Å². The second-order valence-electron chi connectivity index (χ2n) is 2.04. The molecule has 0 heterocycles. The van der Waals surface area contributed by atoms with Crippen molar-refractivity contribution in [1.82, 2.24) is 0 Å². The Morgan fingerprint density at radius 1 is 1.50 bits per heavy atom. The van der Waals surface area contributed by atoms with Crippen LogP contribution in [0.1, 0.15) is 6.92 Å². The molecule has 0 amide bonds. The number of aliphatic imine (C=N–C) groups is 1. The predicted molar refractivity (Wildman–Crippen MR) is 43.3 cm³/mol. The maximum atomic E-state index is 9.80. The van der Waals surface area contributed by atoms with Gasteiger partial charge in [-0.15, -0.1) is 0 Å². The minimum absolute atomic E-state index is 0.201. The van der Waals surface area contributed by atoms with Gasteiger partial charge in [0.1, 0.15) is 0 Å². The molecule has 0 aliphatic heterocycles. The average Bonchev–Trinajstić information content (AvgIpc) is 2.07. The van der Waals surface area contributed by atoms with E-state index in [0.717, 1.165) is 0 Å². The molecule has 0 aromatic heterocycles. The Labute approximate surface area is 73.3 Å². The summed E-state index contributed by atoms with van der Waals surface area (Å²) in [4.78, 5) is 13.2. The first-order valence-corrected chi connectivity index (χ1v) is 4.61. The zero-order valence-electron chi connectivity index (χ0n) is 7.36. The molecule has 1 radical (unpaired) electrons. The van der Waals surface area contributed by atoms with Crippen LogP contribution in [0.25, 0.3) is 0 Å². The lowest BCUT2D eigenvalue weighted by atomic mass is 10.4. The van der Waals surface area contributed by atoms with Gasteiger partial charge in [-0.2, -0.15) is 0 Å². The Bertz CT molecular complexity index is 156. The Kier molecular flexibility index (Phi) is 6.83. The minimum Gasteiger partial charge on any atom is -0.375 e. The third-order valence-corrected chi connectivity index (χ3v) is 2.12.